The van der Waals surface area contributed by atoms with Gasteiger partial charge in [-0.3, -0.25) is 0 Å². The molecule has 0 saturated carbocycles. The van der Waals surface area contributed by atoms with E-state index in [2.05, 4.69) is 19.1 Å². The van der Waals surface area contributed by atoms with Gasteiger partial charge in [0, 0.05) is 10.6 Å². The molecule has 108 valence electrons. The van der Waals surface area contributed by atoms with E-state index in [0.717, 1.165) is 23.3 Å². The minimum absolute atomic E-state index is 0.229. The Hall–Kier alpha value is -1.98. The molecule has 0 bridgehead atoms. The van der Waals surface area contributed by atoms with Crippen molar-refractivity contribution >= 4 is 11.6 Å². The molecule has 2 nitrogen and oxygen atoms in total. The van der Waals surface area contributed by atoms with E-state index >= 15 is 0 Å². The van der Waals surface area contributed by atoms with Gasteiger partial charge in [0.25, 0.3) is 0 Å². The van der Waals surface area contributed by atoms with Gasteiger partial charge in [0.1, 0.15) is 5.75 Å². The highest BCUT2D eigenvalue weighted by Crippen LogP contribution is 2.30. The molecule has 1 atom stereocenters. The average molecular weight is 300 g/mol. The maximum absolute atomic E-state index is 9.55. The van der Waals surface area contributed by atoms with E-state index in [1.54, 1.807) is 7.11 Å². The third-order valence-electron chi connectivity index (χ3n) is 3.59. The number of rotatable bonds is 5. The molecule has 2 aromatic carbocycles. The number of hydrogen-bond acceptors (Lipinski definition) is 2. The van der Waals surface area contributed by atoms with Crippen LogP contribution in [0.15, 0.2) is 42.5 Å². The van der Waals surface area contributed by atoms with Crippen LogP contribution in [0.2, 0.25) is 5.02 Å². The second-order valence-corrected chi connectivity index (χ2v) is 5.38. The number of benzene rings is 2. The predicted octanol–water partition coefficient (Wildman–Crippen LogP) is 4.76. The van der Waals surface area contributed by atoms with Crippen molar-refractivity contribution in [3.63, 3.8) is 0 Å². The van der Waals surface area contributed by atoms with E-state index in [4.69, 9.17) is 16.3 Å². The summed E-state index contributed by atoms with van der Waals surface area (Å²) >= 11 is 5.90. The number of halogens is 1. The van der Waals surface area contributed by atoms with Gasteiger partial charge in [-0.1, -0.05) is 42.8 Å². The van der Waals surface area contributed by atoms with Crippen LogP contribution in [-0.2, 0) is 12.8 Å². The molecule has 0 radical (unpaired) electrons. The molecule has 0 fully saturated rings. The number of nitriles is 1. The van der Waals surface area contributed by atoms with E-state index in [0.29, 0.717) is 11.4 Å². The molecule has 1 unspecified atom stereocenters. The third-order valence-corrected chi connectivity index (χ3v) is 3.84. The van der Waals surface area contributed by atoms with E-state index < -0.39 is 0 Å². The molecule has 2 aromatic rings. The first-order valence-corrected chi connectivity index (χ1v) is 7.36. The lowest BCUT2D eigenvalue weighted by Crippen LogP contribution is -2.04. The number of ether oxygens (including phenoxy) is 1. The summed E-state index contributed by atoms with van der Waals surface area (Å²) in [5.41, 5.74) is 3.26. The molecule has 0 aliphatic rings. The van der Waals surface area contributed by atoms with Gasteiger partial charge < -0.3 is 4.74 Å². The largest absolute Gasteiger partial charge is 0.496 e. The zero-order valence-corrected chi connectivity index (χ0v) is 13.0. The molecule has 0 N–H and O–H groups in total. The molecule has 21 heavy (non-hydrogen) atoms. The van der Waals surface area contributed by atoms with Crippen LogP contribution in [-0.4, -0.2) is 7.11 Å². The third kappa shape index (κ3) is 3.77. The van der Waals surface area contributed by atoms with Crippen molar-refractivity contribution < 1.29 is 4.74 Å². The van der Waals surface area contributed by atoms with E-state index in [1.807, 2.05) is 36.4 Å². The minimum Gasteiger partial charge on any atom is -0.496 e. The van der Waals surface area contributed by atoms with Gasteiger partial charge in [0.2, 0.25) is 0 Å². The van der Waals surface area contributed by atoms with Crippen LogP contribution in [0.5, 0.6) is 5.75 Å². The van der Waals surface area contributed by atoms with Gasteiger partial charge in [-0.2, -0.15) is 5.26 Å². The fraction of sp³-hybridized carbons (Fsp3) is 0.278. The monoisotopic (exact) mass is 299 g/mol. The molecular formula is C18H18ClNO. The summed E-state index contributed by atoms with van der Waals surface area (Å²) in [6, 6.07) is 16.1. The first kappa shape index (κ1) is 15.4. The zero-order valence-electron chi connectivity index (χ0n) is 12.3. The van der Waals surface area contributed by atoms with Crippen molar-refractivity contribution in [3.05, 3.63) is 64.2 Å². The fourth-order valence-electron chi connectivity index (χ4n) is 2.36. The van der Waals surface area contributed by atoms with Crippen LogP contribution in [0.1, 0.15) is 29.5 Å². The van der Waals surface area contributed by atoms with Crippen LogP contribution in [0.3, 0.4) is 0 Å². The molecule has 3 heteroatoms. The average Bonchev–Trinajstić information content (AvgIpc) is 2.53. The number of aryl methyl sites for hydroxylation is 1. The quantitative estimate of drug-likeness (QED) is 0.797. The molecule has 0 aromatic heterocycles. The maximum Gasteiger partial charge on any atom is 0.123 e. The van der Waals surface area contributed by atoms with E-state index in [9.17, 15) is 5.26 Å². The number of hydrogen-bond donors (Lipinski definition) is 0. The standard InChI is InChI=1S/C18H18ClNO/c1-3-13-6-9-18(21-2)17(11-13)15(12-20)10-14-4-7-16(19)8-5-14/h4-9,11,15H,3,10H2,1-2H3. The highest BCUT2D eigenvalue weighted by molar-refractivity contribution is 6.30. The smallest absolute Gasteiger partial charge is 0.123 e. The SMILES string of the molecule is CCc1ccc(OC)c(C(C#N)Cc2ccc(Cl)cc2)c1. The van der Waals surface area contributed by atoms with Gasteiger partial charge in [-0.25, -0.2) is 0 Å². The fourth-order valence-corrected chi connectivity index (χ4v) is 2.48. The van der Waals surface area contributed by atoms with Gasteiger partial charge in [-0.05, 0) is 42.2 Å². The Morgan fingerprint density at radius 3 is 2.38 bits per heavy atom. The summed E-state index contributed by atoms with van der Waals surface area (Å²) < 4.78 is 5.41. The normalized spacial score (nSPS) is 11.7. The minimum atomic E-state index is -0.229. The molecule has 0 saturated heterocycles. The lowest BCUT2D eigenvalue weighted by Gasteiger charge is -2.15. The number of methoxy groups -OCH3 is 1. The zero-order chi connectivity index (χ0) is 15.2. The second-order valence-electron chi connectivity index (χ2n) is 4.94. The van der Waals surface area contributed by atoms with E-state index in [-0.39, 0.29) is 5.92 Å². The molecule has 0 heterocycles. The Balaban J connectivity index is 2.32. The Bertz CT molecular complexity index is 643. The van der Waals surface area contributed by atoms with Crippen LogP contribution in [0.25, 0.3) is 0 Å². The first-order valence-electron chi connectivity index (χ1n) is 6.98. The lowest BCUT2D eigenvalue weighted by atomic mass is 9.91. The lowest BCUT2D eigenvalue weighted by molar-refractivity contribution is 0.408. The molecule has 0 aliphatic carbocycles. The van der Waals surface area contributed by atoms with Gasteiger partial charge >= 0.3 is 0 Å². The number of nitrogens with zero attached hydrogens (tertiary/aromatic N) is 1. The maximum atomic E-state index is 9.55. The molecule has 0 spiro atoms. The topological polar surface area (TPSA) is 33.0 Å². The van der Waals surface area contributed by atoms with E-state index in [1.165, 1.54) is 5.56 Å². The van der Waals surface area contributed by atoms with Crippen LogP contribution >= 0.6 is 11.6 Å². The molecular weight excluding hydrogens is 282 g/mol. The molecule has 0 aliphatic heterocycles. The van der Waals surface area contributed by atoms with Crippen molar-refractivity contribution in [1.82, 2.24) is 0 Å². The van der Waals surface area contributed by atoms with Crippen LogP contribution in [0, 0.1) is 11.3 Å². The molecule has 2 rings (SSSR count). The Morgan fingerprint density at radius 2 is 1.81 bits per heavy atom. The van der Waals surface area contributed by atoms with Gasteiger partial charge in [0.15, 0.2) is 0 Å². The second kappa shape index (κ2) is 7.15. The predicted molar refractivity (Wildman–Crippen MR) is 85.9 cm³/mol. The Kier molecular flexibility index (Phi) is 5.25. The summed E-state index contributed by atoms with van der Waals surface area (Å²) in [5.74, 6) is 0.542. The highest BCUT2D eigenvalue weighted by Gasteiger charge is 2.17. The summed E-state index contributed by atoms with van der Waals surface area (Å²) in [7, 11) is 1.64. The molecule has 0 amide bonds. The summed E-state index contributed by atoms with van der Waals surface area (Å²) in [6.07, 6.45) is 1.59. The summed E-state index contributed by atoms with van der Waals surface area (Å²) in [5, 5.41) is 10.3. The van der Waals surface area contributed by atoms with Gasteiger partial charge in [0.05, 0.1) is 19.1 Å². The van der Waals surface area contributed by atoms with Crippen molar-refractivity contribution in [3.8, 4) is 11.8 Å². The van der Waals surface area contributed by atoms with Gasteiger partial charge in [-0.15, -0.1) is 0 Å². The van der Waals surface area contributed by atoms with Crippen molar-refractivity contribution in [1.29, 1.82) is 5.26 Å². The first-order chi connectivity index (χ1) is 10.2. The highest BCUT2D eigenvalue weighted by atomic mass is 35.5. The van der Waals surface area contributed by atoms with Crippen molar-refractivity contribution in [2.24, 2.45) is 0 Å². The van der Waals surface area contributed by atoms with Crippen molar-refractivity contribution in [2.45, 2.75) is 25.7 Å². The van der Waals surface area contributed by atoms with Crippen LogP contribution < -0.4 is 4.74 Å². The van der Waals surface area contributed by atoms with Crippen LogP contribution in [0.4, 0.5) is 0 Å². The summed E-state index contributed by atoms with van der Waals surface area (Å²) in [4.78, 5) is 0. The Labute approximate surface area is 130 Å². The summed E-state index contributed by atoms with van der Waals surface area (Å²) in [6.45, 7) is 2.10. The van der Waals surface area contributed by atoms with Crippen molar-refractivity contribution in [2.75, 3.05) is 7.11 Å². The Morgan fingerprint density at radius 1 is 1.14 bits per heavy atom.